The summed E-state index contributed by atoms with van der Waals surface area (Å²) in [5.41, 5.74) is 1.66. The summed E-state index contributed by atoms with van der Waals surface area (Å²) >= 11 is 6.88. The molecule has 0 aliphatic rings. The average Bonchev–Trinajstić information content (AvgIpc) is 2.77. The first-order valence-electron chi connectivity index (χ1n) is 5.78. The molecule has 0 aliphatic carbocycles. The first kappa shape index (κ1) is 13.8. The number of halogens is 2. The van der Waals surface area contributed by atoms with Crippen LogP contribution < -0.4 is 0 Å². The van der Waals surface area contributed by atoms with E-state index in [4.69, 9.17) is 0 Å². The van der Waals surface area contributed by atoms with Gasteiger partial charge in [-0.3, -0.25) is 4.68 Å². The molecule has 0 bridgehead atoms. The summed E-state index contributed by atoms with van der Waals surface area (Å²) in [6.07, 6.45) is 2.05. The zero-order valence-electron chi connectivity index (χ0n) is 9.98. The van der Waals surface area contributed by atoms with Crippen molar-refractivity contribution in [3.8, 4) is 0 Å². The molecular weight excluding hydrogens is 360 g/mol. The van der Waals surface area contributed by atoms with Crippen LogP contribution in [0.15, 0.2) is 39.4 Å². The van der Waals surface area contributed by atoms with Gasteiger partial charge < -0.3 is 5.11 Å². The highest BCUT2D eigenvalue weighted by atomic mass is 79.9. The third kappa shape index (κ3) is 2.84. The van der Waals surface area contributed by atoms with Crippen molar-refractivity contribution in [2.45, 2.75) is 26.0 Å². The molecule has 0 spiro atoms. The molecule has 96 valence electrons. The first-order valence-corrected chi connectivity index (χ1v) is 7.36. The summed E-state index contributed by atoms with van der Waals surface area (Å²) < 4.78 is 3.71. The lowest BCUT2D eigenvalue weighted by atomic mass is 10.1. The average molecular weight is 374 g/mol. The van der Waals surface area contributed by atoms with E-state index in [-0.39, 0.29) is 0 Å². The van der Waals surface area contributed by atoms with Crippen LogP contribution >= 0.6 is 31.9 Å². The fourth-order valence-electron chi connectivity index (χ4n) is 1.86. The minimum atomic E-state index is -0.665. The van der Waals surface area contributed by atoms with Gasteiger partial charge in [-0.2, -0.15) is 5.10 Å². The highest BCUT2D eigenvalue weighted by Crippen LogP contribution is 2.30. The second-order valence-corrected chi connectivity index (χ2v) is 5.82. The normalized spacial score (nSPS) is 12.7. The molecule has 0 saturated carbocycles. The number of rotatable bonds is 4. The lowest BCUT2D eigenvalue weighted by molar-refractivity contribution is 0.206. The van der Waals surface area contributed by atoms with Crippen LogP contribution in [0.3, 0.4) is 0 Å². The third-order valence-electron chi connectivity index (χ3n) is 2.72. The van der Waals surface area contributed by atoms with Crippen LogP contribution in [0.5, 0.6) is 0 Å². The maximum Gasteiger partial charge on any atom is 0.122 e. The molecule has 0 radical (unpaired) electrons. The van der Waals surface area contributed by atoms with E-state index in [1.165, 1.54) is 0 Å². The summed E-state index contributed by atoms with van der Waals surface area (Å²) in [6, 6.07) is 7.61. The van der Waals surface area contributed by atoms with Crippen LogP contribution in [-0.2, 0) is 6.54 Å². The van der Waals surface area contributed by atoms with Crippen LogP contribution in [0.25, 0.3) is 0 Å². The molecule has 2 rings (SSSR count). The summed E-state index contributed by atoms with van der Waals surface area (Å²) in [4.78, 5) is 0. The molecule has 2 aromatic rings. The Labute approximate surface area is 123 Å². The van der Waals surface area contributed by atoms with Crippen LogP contribution in [0.1, 0.15) is 30.7 Å². The smallest absolute Gasteiger partial charge is 0.122 e. The Kier molecular flexibility index (Phi) is 4.59. The first-order chi connectivity index (χ1) is 8.63. The SMILES string of the molecule is CCCn1nccc1C(O)c1ccc(Br)cc1Br. The fraction of sp³-hybridized carbons (Fsp3) is 0.308. The van der Waals surface area contributed by atoms with Crippen molar-refractivity contribution < 1.29 is 5.11 Å². The van der Waals surface area contributed by atoms with E-state index in [1.807, 2.05) is 28.9 Å². The number of hydrogen-bond donors (Lipinski definition) is 1. The fourth-order valence-corrected chi connectivity index (χ4v) is 3.12. The lowest BCUT2D eigenvalue weighted by Crippen LogP contribution is -2.10. The van der Waals surface area contributed by atoms with Gasteiger partial charge in [-0.15, -0.1) is 0 Å². The number of benzene rings is 1. The van der Waals surface area contributed by atoms with Gasteiger partial charge in [-0.1, -0.05) is 44.8 Å². The Morgan fingerprint density at radius 2 is 2.11 bits per heavy atom. The van der Waals surface area contributed by atoms with E-state index in [2.05, 4.69) is 43.9 Å². The number of hydrogen-bond acceptors (Lipinski definition) is 2. The quantitative estimate of drug-likeness (QED) is 0.882. The summed E-state index contributed by atoms with van der Waals surface area (Å²) in [5, 5.41) is 14.7. The van der Waals surface area contributed by atoms with E-state index < -0.39 is 6.10 Å². The van der Waals surface area contributed by atoms with Gasteiger partial charge >= 0.3 is 0 Å². The highest BCUT2D eigenvalue weighted by molar-refractivity contribution is 9.11. The Morgan fingerprint density at radius 3 is 2.78 bits per heavy atom. The highest BCUT2D eigenvalue weighted by Gasteiger charge is 2.17. The predicted octanol–water partition coefficient (Wildman–Crippen LogP) is 3.90. The molecule has 5 heteroatoms. The van der Waals surface area contributed by atoms with E-state index in [9.17, 15) is 5.11 Å². The van der Waals surface area contributed by atoms with Crippen molar-refractivity contribution in [1.82, 2.24) is 9.78 Å². The minimum Gasteiger partial charge on any atom is -0.382 e. The van der Waals surface area contributed by atoms with Gasteiger partial charge in [0, 0.05) is 27.3 Å². The lowest BCUT2D eigenvalue weighted by Gasteiger charge is -2.15. The van der Waals surface area contributed by atoms with Gasteiger partial charge in [0.15, 0.2) is 0 Å². The number of aliphatic hydroxyl groups is 1. The standard InChI is InChI=1S/C13H14Br2N2O/c1-2-7-17-12(5-6-16-17)13(18)10-4-3-9(14)8-11(10)15/h3-6,8,13,18H,2,7H2,1H3. The Balaban J connectivity index is 2.35. The van der Waals surface area contributed by atoms with Gasteiger partial charge in [-0.05, 0) is 24.6 Å². The van der Waals surface area contributed by atoms with Crippen molar-refractivity contribution >= 4 is 31.9 Å². The second-order valence-electron chi connectivity index (χ2n) is 4.05. The predicted molar refractivity (Wildman–Crippen MR) is 78.4 cm³/mol. The van der Waals surface area contributed by atoms with Crippen LogP contribution in [0.2, 0.25) is 0 Å². The summed E-state index contributed by atoms with van der Waals surface area (Å²) in [6.45, 7) is 2.90. The van der Waals surface area contributed by atoms with Crippen LogP contribution in [0, 0.1) is 0 Å². The zero-order chi connectivity index (χ0) is 13.1. The molecule has 1 unspecified atom stereocenters. The number of aryl methyl sites for hydroxylation is 1. The van der Waals surface area contributed by atoms with E-state index >= 15 is 0 Å². The number of aliphatic hydroxyl groups excluding tert-OH is 1. The molecule has 0 amide bonds. The monoisotopic (exact) mass is 372 g/mol. The van der Waals surface area contributed by atoms with E-state index in [1.54, 1.807) is 6.20 Å². The van der Waals surface area contributed by atoms with Crippen LogP contribution in [-0.4, -0.2) is 14.9 Å². The van der Waals surface area contributed by atoms with Gasteiger partial charge in [-0.25, -0.2) is 0 Å². The van der Waals surface area contributed by atoms with Crippen LogP contribution in [0.4, 0.5) is 0 Å². The molecule has 0 fully saturated rings. The summed E-state index contributed by atoms with van der Waals surface area (Å²) in [7, 11) is 0. The Hall–Kier alpha value is -0.650. The van der Waals surface area contributed by atoms with Crippen molar-refractivity contribution in [1.29, 1.82) is 0 Å². The molecule has 1 heterocycles. The van der Waals surface area contributed by atoms with Crippen molar-refractivity contribution in [2.24, 2.45) is 0 Å². The largest absolute Gasteiger partial charge is 0.382 e. The topological polar surface area (TPSA) is 38.0 Å². The molecule has 1 aromatic heterocycles. The molecule has 0 saturated heterocycles. The molecular formula is C13H14Br2N2O. The second kappa shape index (κ2) is 5.99. The Bertz CT molecular complexity index is 540. The molecule has 3 nitrogen and oxygen atoms in total. The maximum atomic E-state index is 10.5. The van der Waals surface area contributed by atoms with Gasteiger partial charge in [0.05, 0.1) is 5.69 Å². The molecule has 1 N–H and O–H groups in total. The van der Waals surface area contributed by atoms with Gasteiger partial charge in [0.1, 0.15) is 6.10 Å². The third-order valence-corrected chi connectivity index (χ3v) is 3.90. The van der Waals surface area contributed by atoms with Gasteiger partial charge in [0.2, 0.25) is 0 Å². The molecule has 1 atom stereocenters. The molecule has 1 aromatic carbocycles. The maximum absolute atomic E-state index is 10.5. The molecule has 0 aliphatic heterocycles. The van der Waals surface area contributed by atoms with Gasteiger partial charge in [0.25, 0.3) is 0 Å². The number of aromatic nitrogens is 2. The van der Waals surface area contributed by atoms with Crippen molar-refractivity contribution in [3.63, 3.8) is 0 Å². The summed E-state index contributed by atoms with van der Waals surface area (Å²) in [5.74, 6) is 0. The van der Waals surface area contributed by atoms with E-state index in [0.29, 0.717) is 0 Å². The number of nitrogens with zero attached hydrogens (tertiary/aromatic N) is 2. The van der Waals surface area contributed by atoms with Crippen molar-refractivity contribution in [2.75, 3.05) is 0 Å². The Morgan fingerprint density at radius 1 is 1.33 bits per heavy atom. The zero-order valence-corrected chi connectivity index (χ0v) is 13.1. The van der Waals surface area contributed by atoms with E-state index in [0.717, 1.165) is 33.2 Å². The van der Waals surface area contributed by atoms with Crippen molar-refractivity contribution in [3.05, 3.63) is 50.7 Å². The minimum absolute atomic E-state index is 0.665. The molecule has 18 heavy (non-hydrogen) atoms.